The molecule has 0 aliphatic carbocycles. The van der Waals surface area contributed by atoms with Gasteiger partial charge in [0.2, 0.25) is 10.0 Å². The molecule has 0 radical (unpaired) electrons. The van der Waals surface area contributed by atoms with Crippen LogP contribution < -0.4 is 15.0 Å². The first-order valence-electron chi connectivity index (χ1n) is 9.43. The summed E-state index contributed by atoms with van der Waals surface area (Å²) in [7, 11) is -2.00. The number of carboxylic acid groups (broad SMARTS) is 1. The number of H-pyrrole nitrogens is 1. The molecule has 0 bridgehead atoms. The fourth-order valence-corrected chi connectivity index (χ4v) is 3.94. The number of aromatic nitrogens is 2. The van der Waals surface area contributed by atoms with Crippen molar-refractivity contribution in [2.75, 3.05) is 11.0 Å². The lowest BCUT2D eigenvalue weighted by atomic mass is 10.0. The SMILES string of the molecule is Cn1cc(-c2cc(NS(C)(=O)=O)ccc2Oc2ccccc2)c2cc(C(=O)O)[nH]c2c1=O. The molecule has 4 rings (SSSR count). The van der Waals surface area contributed by atoms with Crippen molar-refractivity contribution in [2.24, 2.45) is 7.05 Å². The van der Waals surface area contributed by atoms with E-state index in [4.69, 9.17) is 4.74 Å². The Balaban J connectivity index is 1.99. The third-order valence-corrected chi connectivity index (χ3v) is 5.35. The number of carboxylic acids is 1. The normalized spacial score (nSPS) is 11.4. The van der Waals surface area contributed by atoms with Crippen LogP contribution in [0.3, 0.4) is 0 Å². The number of sulfonamides is 1. The Morgan fingerprint density at radius 2 is 1.81 bits per heavy atom. The van der Waals surface area contributed by atoms with Gasteiger partial charge >= 0.3 is 5.97 Å². The average Bonchev–Trinajstić information content (AvgIpc) is 3.18. The van der Waals surface area contributed by atoms with E-state index in [-0.39, 0.29) is 11.2 Å². The average molecular weight is 453 g/mol. The number of carbonyl (C=O) groups is 1. The highest BCUT2D eigenvalue weighted by atomic mass is 32.2. The summed E-state index contributed by atoms with van der Waals surface area (Å²) in [6.07, 6.45) is 2.60. The highest BCUT2D eigenvalue weighted by molar-refractivity contribution is 7.92. The van der Waals surface area contributed by atoms with Crippen LogP contribution in [0.5, 0.6) is 11.5 Å². The van der Waals surface area contributed by atoms with Gasteiger partial charge in [-0.05, 0) is 36.4 Å². The van der Waals surface area contributed by atoms with Gasteiger partial charge in [-0.25, -0.2) is 13.2 Å². The van der Waals surface area contributed by atoms with E-state index in [0.29, 0.717) is 33.7 Å². The molecule has 0 aliphatic heterocycles. The predicted molar refractivity (Wildman–Crippen MR) is 121 cm³/mol. The monoisotopic (exact) mass is 453 g/mol. The number of anilines is 1. The molecule has 0 fully saturated rings. The molecule has 0 saturated carbocycles. The van der Waals surface area contributed by atoms with Crippen LogP contribution in [-0.4, -0.2) is 35.3 Å². The van der Waals surface area contributed by atoms with Crippen LogP contribution in [0.1, 0.15) is 10.5 Å². The standard InChI is InChI=1S/C22H19N3O6S/c1-25-12-17(16-11-18(22(27)28)23-20(16)21(25)26)15-10-13(24-32(2,29)30)8-9-19(15)31-14-6-4-3-5-7-14/h3-12,23-24H,1-2H3,(H,27,28). The summed E-state index contributed by atoms with van der Waals surface area (Å²) in [5.74, 6) is -0.255. The molecule has 3 N–H and O–H groups in total. The van der Waals surface area contributed by atoms with Crippen molar-refractivity contribution in [2.45, 2.75) is 0 Å². The van der Waals surface area contributed by atoms with Gasteiger partial charge in [0.15, 0.2) is 0 Å². The van der Waals surface area contributed by atoms with Crippen LogP contribution in [0.2, 0.25) is 0 Å². The van der Waals surface area contributed by atoms with Crippen LogP contribution in [-0.2, 0) is 17.1 Å². The van der Waals surface area contributed by atoms with E-state index in [1.54, 1.807) is 43.6 Å². The van der Waals surface area contributed by atoms with E-state index in [2.05, 4.69) is 9.71 Å². The maximum atomic E-state index is 12.6. The Kier molecular flexibility index (Phi) is 5.23. The smallest absolute Gasteiger partial charge is 0.352 e. The lowest BCUT2D eigenvalue weighted by Crippen LogP contribution is -2.16. The van der Waals surface area contributed by atoms with Crippen molar-refractivity contribution in [3.63, 3.8) is 0 Å². The Labute approximate surface area is 183 Å². The van der Waals surface area contributed by atoms with Crippen molar-refractivity contribution in [1.82, 2.24) is 9.55 Å². The highest BCUT2D eigenvalue weighted by Crippen LogP contribution is 2.38. The van der Waals surface area contributed by atoms with Crippen molar-refractivity contribution < 1.29 is 23.1 Å². The van der Waals surface area contributed by atoms with Gasteiger partial charge < -0.3 is 19.4 Å². The molecule has 2 heterocycles. The van der Waals surface area contributed by atoms with Gasteiger partial charge in [0.05, 0.1) is 6.26 Å². The van der Waals surface area contributed by atoms with Crippen molar-refractivity contribution >= 4 is 32.6 Å². The van der Waals surface area contributed by atoms with E-state index in [9.17, 15) is 23.1 Å². The molecular formula is C22H19N3O6S. The minimum Gasteiger partial charge on any atom is -0.477 e. The van der Waals surface area contributed by atoms with E-state index in [1.807, 2.05) is 18.2 Å². The number of pyridine rings is 1. The first-order chi connectivity index (χ1) is 15.1. The summed E-state index contributed by atoms with van der Waals surface area (Å²) in [5, 5.41) is 9.76. The van der Waals surface area contributed by atoms with E-state index in [0.717, 1.165) is 6.26 Å². The van der Waals surface area contributed by atoms with Gasteiger partial charge in [-0.1, -0.05) is 18.2 Å². The molecule has 4 aromatic rings. The molecule has 0 unspecified atom stereocenters. The number of aromatic amines is 1. The maximum Gasteiger partial charge on any atom is 0.352 e. The maximum absolute atomic E-state index is 12.6. The highest BCUT2D eigenvalue weighted by Gasteiger charge is 2.19. The largest absolute Gasteiger partial charge is 0.477 e. The number of nitrogens with one attached hydrogen (secondary N) is 2. The second kappa shape index (κ2) is 7.89. The summed E-state index contributed by atoms with van der Waals surface area (Å²) in [5.41, 5.74) is 0.842. The molecule has 164 valence electrons. The minimum absolute atomic E-state index is 0.120. The minimum atomic E-state index is -3.54. The molecule has 32 heavy (non-hydrogen) atoms. The first kappa shape index (κ1) is 21.2. The summed E-state index contributed by atoms with van der Waals surface area (Å²) in [6.45, 7) is 0. The number of aryl methyl sites for hydroxylation is 1. The molecule has 0 saturated heterocycles. The zero-order chi connectivity index (χ0) is 23.0. The molecular weight excluding hydrogens is 434 g/mol. The molecule has 0 atom stereocenters. The zero-order valence-electron chi connectivity index (χ0n) is 17.1. The Hall–Kier alpha value is -4.05. The number of rotatable bonds is 6. The Morgan fingerprint density at radius 3 is 2.47 bits per heavy atom. The Morgan fingerprint density at radius 1 is 1.09 bits per heavy atom. The van der Waals surface area contributed by atoms with Crippen LogP contribution in [0.25, 0.3) is 22.0 Å². The summed E-state index contributed by atoms with van der Waals surface area (Å²) < 4.78 is 33.3. The van der Waals surface area contributed by atoms with Gasteiger partial charge in [-0.15, -0.1) is 0 Å². The van der Waals surface area contributed by atoms with E-state index in [1.165, 1.54) is 10.6 Å². The molecule has 9 nitrogen and oxygen atoms in total. The van der Waals surface area contributed by atoms with Crippen molar-refractivity contribution in [3.8, 4) is 22.6 Å². The first-order valence-corrected chi connectivity index (χ1v) is 11.3. The number of hydrogen-bond donors (Lipinski definition) is 3. The number of nitrogens with zero attached hydrogens (tertiary/aromatic N) is 1. The van der Waals surface area contributed by atoms with E-state index < -0.39 is 21.6 Å². The second-order valence-electron chi connectivity index (χ2n) is 7.24. The quantitative estimate of drug-likeness (QED) is 0.410. The van der Waals surface area contributed by atoms with Crippen LogP contribution in [0.15, 0.2) is 65.6 Å². The van der Waals surface area contributed by atoms with Crippen LogP contribution in [0.4, 0.5) is 5.69 Å². The topological polar surface area (TPSA) is 130 Å². The third kappa shape index (κ3) is 4.21. The van der Waals surface area contributed by atoms with Gasteiger partial charge in [0.25, 0.3) is 5.56 Å². The molecule has 0 aliphatic rings. The number of benzene rings is 2. The number of ether oxygens (including phenoxy) is 1. The van der Waals surface area contributed by atoms with E-state index >= 15 is 0 Å². The zero-order valence-corrected chi connectivity index (χ0v) is 17.9. The molecule has 10 heteroatoms. The van der Waals surface area contributed by atoms with Crippen LogP contribution >= 0.6 is 0 Å². The molecule has 2 aromatic carbocycles. The lowest BCUT2D eigenvalue weighted by Gasteiger charge is -2.15. The van der Waals surface area contributed by atoms with Gasteiger partial charge in [0, 0.05) is 35.4 Å². The van der Waals surface area contributed by atoms with Crippen LogP contribution in [0, 0.1) is 0 Å². The second-order valence-corrected chi connectivity index (χ2v) is 8.98. The molecule has 0 amide bonds. The summed E-state index contributed by atoms with van der Waals surface area (Å²) in [6, 6.07) is 15.1. The number of hydrogen-bond acceptors (Lipinski definition) is 5. The lowest BCUT2D eigenvalue weighted by molar-refractivity contribution is 0.0691. The number of aromatic carboxylic acids is 1. The fraction of sp³-hybridized carbons (Fsp3) is 0.0909. The van der Waals surface area contributed by atoms with Gasteiger partial charge in [-0.2, -0.15) is 0 Å². The third-order valence-electron chi connectivity index (χ3n) is 4.74. The van der Waals surface area contributed by atoms with Gasteiger partial charge in [-0.3, -0.25) is 9.52 Å². The summed E-state index contributed by atoms with van der Waals surface area (Å²) >= 11 is 0. The summed E-state index contributed by atoms with van der Waals surface area (Å²) in [4.78, 5) is 26.7. The van der Waals surface area contributed by atoms with Crippen molar-refractivity contribution in [1.29, 1.82) is 0 Å². The number of para-hydroxylation sites is 1. The Bertz CT molecular complexity index is 1500. The molecule has 2 aromatic heterocycles. The molecule has 0 spiro atoms. The van der Waals surface area contributed by atoms with Gasteiger partial charge in [0.1, 0.15) is 22.7 Å². The van der Waals surface area contributed by atoms with Crippen molar-refractivity contribution in [3.05, 3.63) is 76.8 Å². The fourth-order valence-electron chi connectivity index (χ4n) is 3.39. The predicted octanol–water partition coefficient (Wildman–Crippen LogP) is 3.40. The number of fused-ring (bicyclic) bond motifs is 1.